The van der Waals surface area contributed by atoms with Crippen LogP contribution >= 0.6 is 0 Å². The van der Waals surface area contributed by atoms with E-state index in [4.69, 9.17) is 0 Å². The minimum absolute atomic E-state index is 0.0480. The van der Waals surface area contributed by atoms with Crippen LogP contribution in [-0.2, 0) is 11.2 Å². The molecule has 0 aliphatic heterocycles. The molecule has 0 fully saturated rings. The summed E-state index contributed by atoms with van der Waals surface area (Å²) < 4.78 is 0. The molecule has 0 bridgehead atoms. The molecule has 0 radical (unpaired) electrons. The van der Waals surface area contributed by atoms with E-state index in [0.717, 1.165) is 17.5 Å². The van der Waals surface area contributed by atoms with Crippen LogP contribution in [0.15, 0.2) is 60.7 Å². The van der Waals surface area contributed by atoms with Gasteiger partial charge in [0.05, 0.1) is 12.2 Å². The van der Waals surface area contributed by atoms with Gasteiger partial charge >= 0.3 is 0 Å². The van der Waals surface area contributed by atoms with Gasteiger partial charge in [-0.3, -0.25) is 4.79 Å². The zero-order chi connectivity index (χ0) is 15.8. The number of Topliss-reactive ketones (excluding diaryl/α,β-unsaturated/α-hetero) is 1. The molecule has 2 rings (SSSR count). The smallest absolute Gasteiger partial charge is 0.138 e. The molecule has 0 heterocycles. The molecule has 2 atom stereocenters. The van der Waals surface area contributed by atoms with Crippen molar-refractivity contribution in [1.29, 1.82) is 0 Å². The Bertz CT molecular complexity index is 566. The highest BCUT2D eigenvalue weighted by Gasteiger charge is 2.16. The summed E-state index contributed by atoms with van der Waals surface area (Å²) in [5.74, 6) is -0.114. The fourth-order valence-corrected chi connectivity index (χ4v) is 2.43. The lowest BCUT2D eigenvalue weighted by molar-refractivity contribution is -0.123. The molecule has 0 saturated carbocycles. The molecule has 0 saturated heterocycles. The number of carbonyl (C=O) groups excluding carboxylic acids is 1. The summed E-state index contributed by atoms with van der Waals surface area (Å²) in [4.78, 5) is 11.9. The van der Waals surface area contributed by atoms with Crippen LogP contribution < -0.4 is 0 Å². The minimum Gasteiger partial charge on any atom is -0.393 e. The molecule has 116 valence electrons. The summed E-state index contributed by atoms with van der Waals surface area (Å²) in [6, 6.07) is 19.0. The van der Waals surface area contributed by atoms with Gasteiger partial charge in [0, 0.05) is 12.8 Å². The van der Waals surface area contributed by atoms with E-state index >= 15 is 0 Å². The number of carbonyl (C=O) groups is 1. The highest BCUT2D eigenvalue weighted by Crippen LogP contribution is 2.18. The van der Waals surface area contributed by atoms with Crippen molar-refractivity contribution >= 4 is 5.78 Å². The normalized spacial score (nSPS) is 13.5. The Labute approximate surface area is 131 Å². The van der Waals surface area contributed by atoms with E-state index in [9.17, 15) is 15.0 Å². The van der Waals surface area contributed by atoms with Gasteiger partial charge in [0.25, 0.3) is 0 Å². The van der Waals surface area contributed by atoms with Gasteiger partial charge in [0.15, 0.2) is 0 Å². The number of ketones is 1. The SMILES string of the molecule is O=C(C[C@@H](O)CCc1ccccc1)C[C@@H](O)c1ccccc1. The molecule has 0 aliphatic carbocycles. The molecule has 3 nitrogen and oxygen atoms in total. The van der Waals surface area contributed by atoms with Crippen LogP contribution in [0.2, 0.25) is 0 Å². The zero-order valence-corrected chi connectivity index (χ0v) is 12.6. The molecular formula is C19H22O3. The second kappa shape index (κ2) is 8.47. The fourth-order valence-electron chi connectivity index (χ4n) is 2.43. The molecular weight excluding hydrogens is 276 g/mol. The highest BCUT2D eigenvalue weighted by molar-refractivity contribution is 5.79. The maximum atomic E-state index is 11.9. The van der Waals surface area contributed by atoms with E-state index in [0.29, 0.717) is 6.42 Å². The lowest BCUT2D eigenvalue weighted by Gasteiger charge is -2.13. The molecule has 2 aromatic rings. The molecule has 0 aliphatic rings. The fraction of sp³-hybridized carbons (Fsp3) is 0.316. The average Bonchev–Trinajstić information content (AvgIpc) is 2.54. The number of aryl methyl sites for hydroxylation is 1. The van der Waals surface area contributed by atoms with E-state index in [1.807, 2.05) is 48.5 Å². The van der Waals surface area contributed by atoms with Crippen LogP contribution in [0.4, 0.5) is 0 Å². The van der Waals surface area contributed by atoms with Crippen LogP contribution in [0.3, 0.4) is 0 Å². The molecule has 0 spiro atoms. The Morgan fingerprint density at radius 2 is 1.45 bits per heavy atom. The predicted molar refractivity (Wildman–Crippen MR) is 86.4 cm³/mol. The van der Waals surface area contributed by atoms with Gasteiger partial charge in [0.1, 0.15) is 5.78 Å². The monoisotopic (exact) mass is 298 g/mol. The van der Waals surface area contributed by atoms with Crippen molar-refractivity contribution < 1.29 is 15.0 Å². The van der Waals surface area contributed by atoms with Crippen molar-refractivity contribution in [2.24, 2.45) is 0 Å². The number of hydrogen-bond acceptors (Lipinski definition) is 3. The molecule has 2 aromatic carbocycles. The second-order valence-electron chi connectivity index (χ2n) is 5.55. The topological polar surface area (TPSA) is 57.5 Å². The first-order valence-corrected chi connectivity index (χ1v) is 7.62. The molecule has 0 unspecified atom stereocenters. The van der Waals surface area contributed by atoms with Crippen LogP contribution in [0.25, 0.3) is 0 Å². The minimum atomic E-state index is -0.796. The molecule has 2 N–H and O–H groups in total. The molecule has 0 amide bonds. The first kappa shape index (κ1) is 16.4. The largest absolute Gasteiger partial charge is 0.393 e. The van der Waals surface area contributed by atoms with Gasteiger partial charge in [-0.1, -0.05) is 60.7 Å². The first-order chi connectivity index (χ1) is 10.6. The number of benzene rings is 2. The van der Waals surface area contributed by atoms with E-state index in [2.05, 4.69) is 0 Å². The van der Waals surface area contributed by atoms with Crippen molar-refractivity contribution in [2.45, 2.75) is 37.9 Å². The van der Waals surface area contributed by atoms with Crippen LogP contribution in [-0.4, -0.2) is 22.1 Å². The van der Waals surface area contributed by atoms with Gasteiger partial charge in [-0.15, -0.1) is 0 Å². The van der Waals surface area contributed by atoms with E-state index in [1.54, 1.807) is 12.1 Å². The third kappa shape index (κ3) is 5.43. The van der Waals surface area contributed by atoms with Crippen molar-refractivity contribution in [3.8, 4) is 0 Å². The van der Waals surface area contributed by atoms with Crippen molar-refractivity contribution in [3.63, 3.8) is 0 Å². The summed E-state index contributed by atoms with van der Waals surface area (Å²) in [6.45, 7) is 0. The number of aliphatic hydroxyl groups is 2. The Morgan fingerprint density at radius 1 is 0.864 bits per heavy atom. The third-order valence-electron chi connectivity index (χ3n) is 3.68. The van der Waals surface area contributed by atoms with Gasteiger partial charge < -0.3 is 10.2 Å². The summed E-state index contributed by atoms with van der Waals surface area (Å²) in [6.07, 6.45) is -0.0117. The standard InChI is InChI=1S/C19H22O3/c20-17(12-11-15-7-3-1-4-8-15)13-18(21)14-19(22)16-9-5-2-6-10-16/h1-10,17,19-20,22H,11-14H2/t17-,19+/m0/s1. The highest BCUT2D eigenvalue weighted by atomic mass is 16.3. The van der Waals surface area contributed by atoms with Gasteiger partial charge in [0.2, 0.25) is 0 Å². The molecule has 22 heavy (non-hydrogen) atoms. The summed E-state index contributed by atoms with van der Waals surface area (Å²) in [7, 11) is 0. The first-order valence-electron chi connectivity index (χ1n) is 7.62. The Balaban J connectivity index is 1.74. The lowest BCUT2D eigenvalue weighted by Crippen LogP contribution is -2.16. The van der Waals surface area contributed by atoms with E-state index in [-0.39, 0.29) is 18.6 Å². The number of aliphatic hydroxyl groups excluding tert-OH is 2. The van der Waals surface area contributed by atoms with Crippen molar-refractivity contribution in [3.05, 3.63) is 71.8 Å². The van der Waals surface area contributed by atoms with E-state index in [1.165, 1.54) is 0 Å². The second-order valence-corrected chi connectivity index (χ2v) is 5.55. The Morgan fingerprint density at radius 3 is 2.09 bits per heavy atom. The van der Waals surface area contributed by atoms with Crippen LogP contribution in [0.1, 0.15) is 36.5 Å². The third-order valence-corrected chi connectivity index (χ3v) is 3.68. The summed E-state index contributed by atoms with van der Waals surface area (Å²) >= 11 is 0. The summed E-state index contributed by atoms with van der Waals surface area (Å²) in [5, 5.41) is 20.0. The maximum Gasteiger partial charge on any atom is 0.138 e. The predicted octanol–water partition coefficient (Wildman–Crippen LogP) is 3.06. The van der Waals surface area contributed by atoms with Crippen molar-refractivity contribution in [2.75, 3.05) is 0 Å². The Hall–Kier alpha value is -1.97. The van der Waals surface area contributed by atoms with Crippen LogP contribution in [0, 0.1) is 0 Å². The number of rotatable bonds is 8. The average molecular weight is 298 g/mol. The van der Waals surface area contributed by atoms with E-state index < -0.39 is 12.2 Å². The number of hydrogen-bond donors (Lipinski definition) is 2. The Kier molecular flexibility index (Phi) is 6.31. The molecule has 0 aromatic heterocycles. The molecule has 3 heteroatoms. The quantitative estimate of drug-likeness (QED) is 0.787. The maximum absolute atomic E-state index is 11.9. The van der Waals surface area contributed by atoms with Gasteiger partial charge in [-0.2, -0.15) is 0 Å². The zero-order valence-electron chi connectivity index (χ0n) is 12.6. The lowest BCUT2D eigenvalue weighted by atomic mass is 9.99. The van der Waals surface area contributed by atoms with Gasteiger partial charge in [-0.25, -0.2) is 0 Å². The van der Waals surface area contributed by atoms with Gasteiger partial charge in [-0.05, 0) is 24.0 Å². The van der Waals surface area contributed by atoms with Crippen molar-refractivity contribution in [1.82, 2.24) is 0 Å². The van der Waals surface area contributed by atoms with Crippen LogP contribution in [0.5, 0.6) is 0 Å². The summed E-state index contributed by atoms with van der Waals surface area (Å²) in [5.41, 5.74) is 1.88.